The standard InChI is InChI=1S/C28H41N3O5S/c1-30(2)28(23-8-6-5-7-9-23)24-12-10-22(11-13-24)20-29-27(32)21-36-19-18-31(3)37(33,34)26-16-14-25(35-4)15-17-26/h5-9,14-17,22,24,28H,10-13,18-21H2,1-4H3,(H,29,32). The predicted molar refractivity (Wildman–Crippen MR) is 145 cm³/mol. The molecule has 1 amide bonds. The van der Waals surface area contributed by atoms with Gasteiger partial charge in [0.15, 0.2) is 0 Å². The molecule has 0 aromatic heterocycles. The van der Waals surface area contributed by atoms with Crippen LogP contribution in [0.15, 0.2) is 59.5 Å². The quantitative estimate of drug-likeness (QED) is 0.398. The molecule has 2 aromatic carbocycles. The lowest BCUT2D eigenvalue weighted by molar-refractivity contribution is -0.126. The predicted octanol–water partition coefficient (Wildman–Crippen LogP) is 3.56. The number of ether oxygens (including phenoxy) is 2. The van der Waals surface area contributed by atoms with E-state index in [-0.39, 0.29) is 30.6 Å². The van der Waals surface area contributed by atoms with E-state index in [9.17, 15) is 13.2 Å². The largest absolute Gasteiger partial charge is 0.497 e. The maximum Gasteiger partial charge on any atom is 0.246 e. The number of carbonyl (C=O) groups is 1. The Morgan fingerprint density at radius 1 is 1.00 bits per heavy atom. The number of methoxy groups -OCH3 is 1. The van der Waals surface area contributed by atoms with Gasteiger partial charge in [0.1, 0.15) is 12.4 Å². The van der Waals surface area contributed by atoms with Gasteiger partial charge < -0.3 is 19.7 Å². The first-order valence-corrected chi connectivity index (χ1v) is 14.3. The van der Waals surface area contributed by atoms with E-state index in [1.165, 1.54) is 36.2 Å². The van der Waals surface area contributed by atoms with Crippen LogP contribution in [-0.4, -0.2) is 78.1 Å². The van der Waals surface area contributed by atoms with Crippen LogP contribution in [0.25, 0.3) is 0 Å². The minimum atomic E-state index is -3.63. The van der Waals surface area contributed by atoms with Crippen molar-refractivity contribution in [1.82, 2.24) is 14.5 Å². The first-order chi connectivity index (χ1) is 17.7. The Morgan fingerprint density at radius 2 is 1.65 bits per heavy atom. The number of nitrogens with one attached hydrogen (secondary N) is 1. The Bertz CT molecular complexity index is 1070. The van der Waals surface area contributed by atoms with Crippen molar-refractivity contribution < 1.29 is 22.7 Å². The average molecular weight is 532 g/mol. The molecular formula is C28H41N3O5S. The summed E-state index contributed by atoms with van der Waals surface area (Å²) >= 11 is 0. The van der Waals surface area contributed by atoms with Crippen molar-refractivity contribution in [1.29, 1.82) is 0 Å². The molecule has 0 radical (unpaired) electrons. The van der Waals surface area contributed by atoms with Crippen LogP contribution in [0.5, 0.6) is 5.75 Å². The maximum absolute atomic E-state index is 12.7. The van der Waals surface area contributed by atoms with Gasteiger partial charge in [0.25, 0.3) is 0 Å². The van der Waals surface area contributed by atoms with Crippen LogP contribution in [0.4, 0.5) is 0 Å². The van der Waals surface area contributed by atoms with Gasteiger partial charge in [-0.1, -0.05) is 30.3 Å². The van der Waals surface area contributed by atoms with Gasteiger partial charge >= 0.3 is 0 Å². The van der Waals surface area contributed by atoms with Crippen molar-refractivity contribution in [2.75, 3.05) is 54.6 Å². The second kappa shape index (κ2) is 13.9. The van der Waals surface area contributed by atoms with E-state index in [1.807, 2.05) is 0 Å². The summed E-state index contributed by atoms with van der Waals surface area (Å²) in [4.78, 5) is 14.8. The van der Waals surface area contributed by atoms with Gasteiger partial charge in [0, 0.05) is 26.2 Å². The van der Waals surface area contributed by atoms with Crippen molar-refractivity contribution >= 4 is 15.9 Å². The number of rotatable bonds is 13. The summed E-state index contributed by atoms with van der Waals surface area (Å²) in [6, 6.07) is 17.3. The number of likely N-dealkylation sites (N-methyl/N-ethyl adjacent to an activating group) is 1. The van der Waals surface area contributed by atoms with Gasteiger partial charge in [0.05, 0.1) is 18.6 Å². The summed E-state index contributed by atoms with van der Waals surface area (Å²) in [6.07, 6.45) is 4.47. The smallest absolute Gasteiger partial charge is 0.246 e. The molecule has 3 rings (SSSR count). The molecule has 1 fully saturated rings. The lowest BCUT2D eigenvalue weighted by atomic mass is 9.76. The number of hydrogen-bond donors (Lipinski definition) is 1. The van der Waals surface area contributed by atoms with Crippen LogP contribution in [0.2, 0.25) is 0 Å². The number of amides is 1. The molecule has 0 spiro atoms. The van der Waals surface area contributed by atoms with E-state index in [0.29, 0.717) is 30.2 Å². The van der Waals surface area contributed by atoms with Crippen LogP contribution in [0, 0.1) is 11.8 Å². The third kappa shape index (κ3) is 8.26. The highest BCUT2D eigenvalue weighted by atomic mass is 32.2. The summed E-state index contributed by atoms with van der Waals surface area (Å²) in [7, 11) is 3.70. The summed E-state index contributed by atoms with van der Waals surface area (Å²) in [5.74, 6) is 1.51. The summed E-state index contributed by atoms with van der Waals surface area (Å²) in [6.45, 7) is 0.858. The van der Waals surface area contributed by atoms with Crippen molar-refractivity contribution in [3.8, 4) is 5.75 Å². The molecule has 0 heterocycles. The first kappa shape index (κ1) is 29.1. The molecule has 8 nitrogen and oxygen atoms in total. The lowest BCUT2D eigenvalue weighted by Gasteiger charge is -2.37. The fourth-order valence-corrected chi connectivity index (χ4v) is 6.22. The summed E-state index contributed by atoms with van der Waals surface area (Å²) < 4.78 is 37.1. The second-order valence-corrected chi connectivity index (χ2v) is 12.0. The van der Waals surface area contributed by atoms with E-state index in [2.05, 4.69) is 54.6 Å². The van der Waals surface area contributed by atoms with E-state index >= 15 is 0 Å². The topological polar surface area (TPSA) is 88.2 Å². The van der Waals surface area contributed by atoms with Crippen molar-refractivity contribution in [3.05, 3.63) is 60.2 Å². The fourth-order valence-electron chi connectivity index (χ4n) is 5.07. The van der Waals surface area contributed by atoms with E-state index in [1.54, 1.807) is 12.1 Å². The first-order valence-electron chi connectivity index (χ1n) is 12.9. The summed E-state index contributed by atoms with van der Waals surface area (Å²) in [5.41, 5.74) is 1.36. The van der Waals surface area contributed by atoms with Crippen LogP contribution < -0.4 is 10.1 Å². The van der Waals surface area contributed by atoms with Crippen molar-refractivity contribution in [3.63, 3.8) is 0 Å². The van der Waals surface area contributed by atoms with Gasteiger partial charge in [-0.15, -0.1) is 0 Å². The Hall–Kier alpha value is -2.46. The van der Waals surface area contributed by atoms with Gasteiger partial charge in [0.2, 0.25) is 15.9 Å². The molecule has 0 aliphatic heterocycles. The average Bonchev–Trinajstić information content (AvgIpc) is 2.91. The van der Waals surface area contributed by atoms with Gasteiger partial charge in [-0.2, -0.15) is 4.31 Å². The SMILES string of the molecule is COc1ccc(S(=O)(=O)N(C)CCOCC(=O)NCC2CCC(C(c3ccccc3)N(C)C)CC2)cc1. The fraction of sp³-hybridized carbons (Fsp3) is 0.536. The molecule has 2 aromatic rings. The Kier molecular flexibility index (Phi) is 10.9. The highest BCUT2D eigenvalue weighted by molar-refractivity contribution is 7.89. The normalized spacial score (nSPS) is 19.1. The molecule has 0 bridgehead atoms. The van der Waals surface area contributed by atoms with E-state index < -0.39 is 10.0 Å². The Labute approximate surface area is 222 Å². The maximum atomic E-state index is 12.7. The molecule has 1 aliphatic carbocycles. The number of benzene rings is 2. The molecule has 1 saturated carbocycles. The van der Waals surface area contributed by atoms with E-state index in [0.717, 1.165) is 25.7 Å². The van der Waals surface area contributed by atoms with Crippen molar-refractivity contribution in [2.45, 2.75) is 36.6 Å². The van der Waals surface area contributed by atoms with Gasteiger partial charge in [-0.3, -0.25) is 4.79 Å². The zero-order valence-electron chi connectivity index (χ0n) is 22.4. The molecule has 0 saturated heterocycles. The highest BCUT2D eigenvalue weighted by Crippen LogP contribution is 2.39. The number of nitrogens with zero attached hydrogens (tertiary/aromatic N) is 2. The van der Waals surface area contributed by atoms with Crippen LogP contribution in [0.3, 0.4) is 0 Å². The molecule has 1 atom stereocenters. The highest BCUT2D eigenvalue weighted by Gasteiger charge is 2.30. The number of hydrogen-bond acceptors (Lipinski definition) is 6. The number of carbonyl (C=O) groups excluding carboxylic acids is 1. The van der Waals surface area contributed by atoms with Gasteiger partial charge in [-0.05, 0) is 81.4 Å². The minimum absolute atomic E-state index is 0.0809. The molecule has 204 valence electrons. The second-order valence-electron chi connectivity index (χ2n) is 9.96. The lowest BCUT2D eigenvalue weighted by Crippen LogP contribution is -2.36. The number of sulfonamides is 1. The Balaban J connectivity index is 1.34. The molecule has 1 unspecified atom stereocenters. The third-order valence-corrected chi connectivity index (χ3v) is 9.05. The minimum Gasteiger partial charge on any atom is -0.497 e. The molecular weight excluding hydrogens is 490 g/mol. The molecule has 1 N–H and O–H groups in total. The Morgan fingerprint density at radius 3 is 2.24 bits per heavy atom. The third-order valence-electron chi connectivity index (χ3n) is 7.17. The van der Waals surface area contributed by atoms with E-state index in [4.69, 9.17) is 9.47 Å². The molecule has 1 aliphatic rings. The van der Waals surface area contributed by atoms with Gasteiger partial charge in [-0.25, -0.2) is 8.42 Å². The summed E-state index contributed by atoms with van der Waals surface area (Å²) in [5, 5.41) is 2.99. The van der Waals surface area contributed by atoms with Crippen LogP contribution in [0.1, 0.15) is 37.3 Å². The molecule has 37 heavy (non-hydrogen) atoms. The monoisotopic (exact) mass is 531 g/mol. The zero-order valence-corrected chi connectivity index (χ0v) is 23.2. The van der Waals surface area contributed by atoms with Crippen molar-refractivity contribution in [2.24, 2.45) is 11.8 Å². The molecule has 9 heteroatoms. The van der Waals surface area contributed by atoms with Crippen LogP contribution in [-0.2, 0) is 19.6 Å². The zero-order chi connectivity index (χ0) is 26.8. The van der Waals surface area contributed by atoms with Crippen LogP contribution >= 0.6 is 0 Å².